The summed E-state index contributed by atoms with van der Waals surface area (Å²) >= 11 is 0. The van der Waals surface area contributed by atoms with Crippen LogP contribution in [0.4, 0.5) is 16.3 Å². The van der Waals surface area contributed by atoms with Crippen LogP contribution in [0.15, 0.2) is 24.3 Å². The monoisotopic (exact) mass is 506 g/mol. The van der Waals surface area contributed by atoms with E-state index in [4.69, 9.17) is 19.4 Å². The molecular weight excluding hydrogens is 472 g/mol. The van der Waals surface area contributed by atoms with Gasteiger partial charge in [-0.1, -0.05) is 0 Å². The van der Waals surface area contributed by atoms with Crippen LogP contribution in [-0.4, -0.2) is 71.9 Å². The first-order valence-electron chi connectivity index (χ1n) is 13.3. The van der Waals surface area contributed by atoms with Crippen LogP contribution in [0.2, 0.25) is 0 Å². The van der Waals surface area contributed by atoms with Crippen LogP contribution >= 0.6 is 0 Å². The van der Waals surface area contributed by atoms with Gasteiger partial charge in [-0.25, -0.2) is 14.8 Å². The maximum atomic E-state index is 13.3. The second-order valence-corrected chi connectivity index (χ2v) is 10.4. The zero-order chi connectivity index (χ0) is 25.4. The number of fused-ring (bicyclic) bond motifs is 1. The SMILES string of the molecule is CC1COCCN1c1nc(-c2ccc(NC(=O)NC3CC3)cc2)nc2c1CN(C(=O)C1CCOCC1)C2. The van der Waals surface area contributed by atoms with Crippen molar-refractivity contribution in [3.63, 3.8) is 0 Å². The fraction of sp³-hybridized carbons (Fsp3) is 0.556. The van der Waals surface area contributed by atoms with Crippen molar-refractivity contribution in [2.75, 3.05) is 43.2 Å². The van der Waals surface area contributed by atoms with Gasteiger partial charge in [-0.2, -0.15) is 0 Å². The van der Waals surface area contributed by atoms with Gasteiger partial charge in [-0.15, -0.1) is 0 Å². The highest BCUT2D eigenvalue weighted by atomic mass is 16.5. The number of rotatable bonds is 5. The number of nitrogens with one attached hydrogen (secondary N) is 2. The zero-order valence-corrected chi connectivity index (χ0v) is 21.2. The number of amides is 3. The minimum Gasteiger partial charge on any atom is -0.381 e. The first-order valence-corrected chi connectivity index (χ1v) is 13.3. The fourth-order valence-electron chi connectivity index (χ4n) is 5.29. The quantitative estimate of drug-likeness (QED) is 0.642. The Hall–Kier alpha value is -3.24. The number of ether oxygens (including phenoxy) is 2. The molecule has 1 aliphatic carbocycles. The van der Waals surface area contributed by atoms with Crippen molar-refractivity contribution in [2.45, 2.75) is 57.8 Å². The predicted molar refractivity (Wildman–Crippen MR) is 138 cm³/mol. The second kappa shape index (κ2) is 10.3. The van der Waals surface area contributed by atoms with E-state index in [1.54, 1.807) is 0 Å². The number of aromatic nitrogens is 2. The summed E-state index contributed by atoms with van der Waals surface area (Å²) in [5.41, 5.74) is 3.53. The van der Waals surface area contributed by atoms with Gasteiger partial charge < -0.3 is 29.9 Å². The van der Waals surface area contributed by atoms with E-state index in [9.17, 15) is 9.59 Å². The van der Waals surface area contributed by atoms with Crippen LogP contribution in [0.5, 0.6) is 0 Å². The molecule has 0 spiro atoms. The Morgan fingerprint density at radius 3 is 2.49 bits per heavy atom. The molecule has 10 nitrogen and oxygen atoms in total. The molecule has 1 atom stereocenters. The van der Waals surface area contributed by atoms with E-state index in [-0.39, 0.29) is 23.9 Å². The summed E-state index contributed by atoms with van der Waals surface area (Å²) in [7, 11) is 0. The van der Waals surface area contributed by atoms with Crippen LogP contribution < -0.4 is 15.5 Å². The van der Waals surface area contributed by atoms with Crippen molar-refractivity contribution in [2.24, 2.45) is 5.92 Å². The van der Waals surface area contributed by atoms with E-state index in [1.807, 2.05) is 29.2 Å². The van der Waals surface area contributed by atoms with Crippen molar-refractivity contribution in [1.29, 1.82) is 0 Å². The van der Waals surface area contributed by atoms with Gasteiger partial charge in [-0.05, 0) is 56.9 Å². The van der Waals surface area contributed by atoms with Gasteiger partial charge in [0.05, 0.1) is 38.0 Å². The lowest BCUT2D eigenvalue weighted by atomic mass is 9.99. The number of hydrogen-bond acceptors (Lipinski definition) is 7. The zero-order valence-electron chi connectivity index (χ0n) is 21.2. The number of morpholine rings is 1. The number of carbonyl (C=O) groups is 2. The molecule has 1 aromatic carbocycles. The maximum absolute atomic E-state index is 13.3. The summed E-state index contributed by atoms with van der Waals surface area (Å²) in [5, 5.41) is 5.82. The van der Waals surface area contributed by atoms with E-state index in [0.717, 1.165) is 60.6 Å². The highest BCUT2D eigenvalue weighted by Crippen LogP contribution is 2.35. The van der Waals surface area contributed by atoms with Crippen molar-refractivity contribution < 1.29 is 19.1 Å². The molecule has 0 radical (unpaired) electrons. The van der Waals surface area contributed by atoms with Crippen LogP contribution in [-0.2, 0) is 27.4 Å². The molecule has 1 unspecified atom stereocenters. The second-order valence-electron chi connectivity index (χ2n) is 10.4. The van der Waals surface area contributed by atoms with E-state index in [2.05, 4.69) is 22.5 Å². The molecule has 3 amide bonds. The van der Waals surface area contributed by atoms with Crippen molar-refractivity contribution in [3.8, 4) is 11.4 Å². The van der Waals surface area contributed by atoms with Gasteiger partial charge in [0.2, 0.25) is 5.91 Å². The normalized spacial score (nSPS) is 22.0. The Balaban J connectivity index is 1.27. The minimum absolute atomic E-state index is 0.0124. The Morgan fingerprint density at radius 2 is 1.76 bits per heavy atom. The van der Waals surface area contributed by atoms with Crippen molar-refractivity contribution >= 4 is 23.4 Å². The summed E-state index contributed by atoms with van der Waals surface area (Å²) in [6, 6.07) is 7.91. The van der Waals surface area contributed by atoms with E-state index < -0.39 is 0 Å². The summed E-state index contributed by atoms with van der Waals surface area (Å²) in [5.74, 6) is 1.72. The number of urea groups is 1. The molecule has 1 saturated carbocycles. The number of hydrogen-bond donors (Lipinski definition) is 2. The number of carbonyl (C=O) groups excluding carboxylic acids is 2. The first-order chi connectivity index (χ1) is 18.0. The molecule has 6 rings (SSSR count). The standard InChI is InChI=1S/C27H34N6O4/c1-17-16-37-13-10-33(17)25-22-14-32(26(34)19-8-11-36-12-9-19)15-23(22)30-24(31-25)18-2-4-20(5-3-18)28-27(35)29-21-6-7-21/h2-5,17,19,21H,6-16H2,1H3,(H2,28,29,35). The third kappa shape index (κ3) is 5.26. The summed E-state index contributed by atoms with van der Waals surface area (Å²) in [6.45, 7) is 6.49. The van der Waals surface area contributed by atoms with Crippen molar-refractivity contribution in [3.05, 3.63) is 35.5 Å². The van der Waals surface area contributed by atoms with Crippen LogP contribution in [0.1, 0.15) is 43.9 Å². The molecule has 2 N–H and O–H groups in total. The number of nitrogens with zero attached hydrogens (tertiary/aromatic N) is 4. The molecule has 3 fully saturated rings. The molecule has 37 heavy (non-hydrogen) atoms. The third-order valence-corrected chi connectivity index (χ3v) is 7.60. The molecule has 2 aromatic rings. The number of benzene rings is 1. The molecule has 4 heterocycles. The van der Waals surface area contributed by atoms with Gasteiger partial charge in [0, 0.05) is 48.5 Å². The van der Waals surface area contributed by atoms with Crippen LogP contribution in [0.25, 0.3) is 11.4 Å². The fourth-order valence-corrected chi connectivity index (χ4v) is 5.29. The summed E-state index contributed by atoms with van der Waals surface area (Å²) < 4.78 is 11.1. The van der Waals surface area contributed by atoms with Crippen LogP contribution in [0, 0.1) is 5.92 Å². The average molecular weight is 507 g/mol. The average Bonchev–Trinajstić information content (AvgIpc) is 3.62. The molecule has 0 bridgehead atoms. The molecule has 10 heteroatoms. The van der Waals surface area contributed by atoms with Gasteiger partial charge in [0.15, 0.2) is 5.82 Å². The first kappa shape index (κ1) is 24.1. The van der Waals surface area contributed by atoms with E-state index >= 15 is 0 Å². The molecule has 4 aliphatic rings. The topological polar surface area (TPSA) is 109 Å². The van der Waals surface area contributed by atoms with Gasteiger partial charge in [0.25, 0.3) is 0 Å². The van der Waals surface area contributed by atoms with E-state index in [1.165, 1.54) is 0 Å². The minimum atomic E-state index is -0.179. The van der Waals surface area contributed by atoms with E-state index in [0.29, 0.717) is 51.4 Å². The summed E-state index contributed by atoms with van der Waals surface area (Å²) in [4.78, 5) is 39.6. The predicted octanol–water partition coefficient (Wildman–Crippen LogP) is 2.92. The molecule has 196 valence electrons. The molecule has 1 aromatic heterocycles. The smallest absolute Gasteiger partial charge is 0.319 e. The molecular formula is C27H34N6O4. The largest absolute Gasteiger partial charge is 0.381 e. The van der Waals surface area contributed by atoms with Gasteiger partial charge in [0.1, 0.15) is 5.82 Å². The maximum Gasteiger partial charge on any atom is 0.319 e. The lowest BCUT2D eigenvalue weighted by Gasteiger charge is -2.35. The molecule has 2 saturated heterocycles. The van der Waals surface area contributed by atoms with Crippen molar-refractivity contribution in [1.82, 2.24) is 20.2 Å². The van der Waals surface area contributed by atoms with Gasteiger partial charge in [-0.3, -0.25) is 4.79 Å². The third-order valence-electron chi connectivity index (χ3n) is 7.60. The Labute approximate surface area is 216 Å². The highest BCUT2D eigenvalue weighted by molar-refractivity contribution is 5.90. The molecule has 3 aliphatic heterocycles. The van der Waals surface area contributed by atoms with Gasteiger partial charge >= 0.3 is 6.03 Å². The Morgan fingerprint density at radius 1 is 0.973 bits per heavy atom. The lowest BCUT2D eigenvalue weighted by Crippen LogP contribution is -2.44. The summed E-state index contributed by atoms with van der Waals surface area (Å²) in [6.07, 6.45) is 3.64. The Kier molecular flexibility index (Phi) is 6.69. The number of anilines is 2. The Bertz CT molecular complexity index is 1160. The van der Waals surface area contributed by atoms with Crippen LogP contribution in [0.3, 0.4) is 0 Å². The highest BCUT2D eigenvalue weighted by Gasteiger charge is 2.35. The lowest BCUT2D eigenvalue weighted by molar-refractivity contribution is -0.139.